The highest BCUT2D eigenvalue weighted by atomic mass is 15.1. The van der Waals surface area contributed by atoms with Crippen LogP contribution in [0, 0.1) is 11.8 Å². The minimum absolute atomic E-state index is 0.709. The fourth-order valence-corrected chi connectivity index (χ4v) is 10.2. The van der Waals surface area contributed by atoms with Gasteiger partial charge in [0.05, 0.1) is 11.0 Å². The quantitative estimate of drug-likeness (QED) is 0.160. The molecule has 2 fully saturated rings. The fraction of sp³-hybridized carbons (Fsp3) is 0.132. The van der Waals surface area contributed by atoms with Gasteiger partial charge in [-0.2, -0.15) is 0 Å². The smallest absolute Gasteiger partial charge is 0.0541 e. The Kier molecular flexibility index (Phi) is 7.69. The minimum Gasteiger partial charge on any atom is -0.310 e. The molecular formula is C53H42N2. The standard InChI is InChI=1S/C53H42N2/c1-2-11-37(12-3-1)46-19-8-13-40-14-9-20-47(53(40)46)38-25-29-42(30-26-38)54(43-31-27-39(28-32-43)50-34-36-23-24-41(50)33-36)44-15-10-16-45(35-44)55-51-21-6-4-17-48(51)49-18-5-7-22-52(49)55/h1-22,25-32,35-36,41,50H,23-24,33-34H2. The third-order valence-electron chi connectivity index (χ3n) is 12.7. The van der Waals surface area contributed by atoms with Crippen LogP contribution in [0.15, 0.2) is 188 Å². The number of aromatic nitrogens is 1. The summed E-state index contributed by atoms with van der Waals surface area (Å²) in [6.45, 7) is 0. The number of rotatable bonds is 7. The van der Waals surface area contributed by atoms with E-state index in [-0.39, 0.29) is 0 Å². The molecule has 0 spiro atoms. The molecule has 264 valence electrons. The molecule has 3 atom stereocenters. The van der Waals surface area contributed by atoms with Crippen LogP contribution in [0.3, 0.4) is 0 Å². The van der Waals surface area contributed by atoms with Crippen molar-refractivity contribution >= 4 is 49.6 Å². The number of anilines is 3. The van der Waals surface area contributed by atoms with Gasteiger partial charge >= 0.3 is 0 Å². The lowest BCUT2D eigenvalue weighted by atomic mass is 9.83. The fourth-order valence-electron chi connectivity index (χ4n) is 10.2. The predicted molar refractivity (Wildman–Crippen MR) is 232 cm³/mol. The molecule has 2 saturated carbocycles. The van der Waals surface area contributed by atoms with Crippen LogP contribution < -0.4 is 4.90 Å². The summed E-state index contributed by atoms with van der Waals surface area (Å²) in [6, 6.07) is 69.5. The Bertz CT molecular complexity index is 2770. The summed E-state index contributed by atoms with van der Waals surface area (Å²) in [6.07, 6.45) is 5.60. The van der Waals surface area contributed by atoms with Crippen LogP contribution >= 0.6 is 0 Å². The Morgan fingerprint density at radius 2 is 1.05 bits per heavy atom. The van der Waals surface area contributed by atoms with Crippen LogP contribution in [0.5, 0.6) is 0 Å². The number of para-hydroxylation sites is 2. The molecule has 0 radical (unpaired) electrons. The zero-order valence-corrected chi connectivity index (χ0v) is 30.9. The molecule has 8 aromatic carbocycles. The lowest BCUT2D eigenvalue weighted by Crippen LogP contribution is -2.12. The molecule has 55 heavy (non-hydrogen) atoms. The maximum atomic E-state index is 2.43. The number of benzene rings is 8. The van der Waals surface area contributed by atoms with Crippen LogP contribution in [0.2, 0.25) is 0 Å². The van der Waals surface area contributed by atoms with Crippen molar-refractivity contribution in [2.45, 2.75) is 31.6 Å². The molecule has 2 heteroatoms. The summed E-state index contributed by atoms with van der Waals surface area (Å²) in [5.74, 6) is 2.50. The minimum atomic E-state index is 0.709. The molecule has 2 aliphatic carbocycles. The van der Waals surface area contributed by atoms with Crippen LogP contribution in [-0.2, 0) is 0 Å². The monoisotopic (exact) mass is 706 g/mol. The number of hydrogen-bond donors (Lipinski definition) is 0. The second-order valence-electron chi connectivity index (χ2n) is 15.7. The molecule has 11 rings (SSSR count). The van der Waals surface area contributed by atoms with E-state index in [1.807, 2.05) is 0 Å². The van der Waals surface area contributed by atoms with Crippen molar-refractivity contribution in [2.75, 3.05) is 4.90 Å². The highest BCUT2D eigenvalue weighted by Crippen LogP contribution is 2.53. The Morgan fingerprint density at radius 1 is 0.455 bits per heavy atom. The Morgan fingerprint density at radius 3 is 1.69 bits per heavy atom. The van der Waals surface area contributed by atoms with E-state index in [0.717, 1.165) is 28.9 Å². The average Bonchev–Trinajstić information content (AvgIpc) is 3.99. The van der Waals surface area contributed by atoms with Crippen molar-refractivity contribution in [2.24, 2.45) is 11.8 Å². The normalized spacial score (nSPS) is 17.7. The van der Waals surface area contributed by atoms with Crippen molar-refractivity contribution in [3.05, 3.63) is 194 Å². The van der Waals surface area contributed by atoms with Gasteiger partial charge in [0.1, 0.15) is 0 Å². The van der Waals surface area contributed by atoms with E-state index < -0.39 is 0 Å². The van der Waals surface area contributed by atoms with Gasteiger partial charge in [-0.1, -0.05) is 140 Å². The largest absolute Gasteiger partial charge is 0.310 e. The lowest BCUT2D eigenvalue weighted by molar-refractivity contribution is 0.420. The Labute approximate surface area is 322 Å². The molecule has 2 aliphatic rings. The highest BCUT2D eigenvalue weighted by Gasteiger charge is 2.40. The summed E-state index contributed by atoms with van der Waals surface area (Å²) >= 11 is 0. The molecule has 0 saturated heterocycles. The SMILES string of the molecule is c1ccc(-c2cccc3cccc(-c4ccc(N(c5ccc(C6CC7CCC6C7)cc5)c5cccc(-n6c7ccccc7c7ccccc76)c5)cc4)c23)cc1. The zero-order valence-electron chi connectivity index (χ0n) is 30.9. The van der Waals surface area contributed by atoms with Gasteiger partial charge in [0, 0.05) is 33.5 Å². The van der Waals surface area contributed by atoms with Crippen LogP contribution in [0.25, 0.3) is 60.5 Å². The summed E-state index contributed by atoms with van der Waals surface area (Å²) in [5.41, 5.74) is 13.5. The second-order valence-corrected chi connectivity index (χ2v) is 15.7. The third kappa shape index (κ3) is 5.47. The van der Waals surface area contributed by atoms with Crippen molar-refractivity contribution < 1.29 is 0 Å². The van der Waals surface area contributed by atoms with Gasteiger partial charge in [-0.25, -0.2) is 0 Å². The van der Waals surface area contributed by atoms with E-state index in [2.05, 4.69) is 198 Å². The van der Waals surface area contributed by atoms with E-state index in [9.17, 15) is 0 Å². The lowest BCUT2D eigenvalue weighted by Gasteiger charge is -2.28. The Hall–Kier alpha value is -6.38. The van der Waals surface area contributed by atoms with Crippen LogP contribution in [-0.4, -0.2) is 4.57 Å². The van der Waals surface area contributed by atoms with Crippen molar-refractivity contribution in [3.8, 4) is 27.9 Å². The van der Waals surface area contributed by atoms with E-state index in [0.29, 0.717) is 5.92 Å². The van der Waals surface area contributed by atoms with Gasteiger partial charge in [0.25, 0.3) is 0 Å². The molecule has 1 aromatic heterocycles. The number of nitrogens with zero attached hydrogens (tertiary/aromatic N) is 2. The molecule has 0 N–H and O–H groups in total. The third-order valence-corrected chi connectivity index (χ3v) is 12.7. The predicted octanol–water partition coefficient (Wildman–Crippen LogP) is 14.6. The topological polar surface area (TPSA) is 8.17 Å². The van der Waals surface area contributed by atoms with Crippen molar-refractivity contribution in [1.82, 2.24) is 4.57 Å². The zero-order chi connectivity index (χ0) is 36.3. The molecular weight excluding hydrogens is 665 g/mol. The van der Waals surface area contributed by atoms with E-state index >= 15 is 0 Å². The van der Waals surface area contributed by atoms with Gasteiger partial charge in [-0.15, -0.1) is 0 Å². The van der Waals surface area contributed by atoms with Crippen molar-refractivity contribution in [3.63, 3.8) is 0 Å². The van der Waals surface area contributed by atoms with Gasteiger partial charge in [-0.05, 0) is 130 Å². The van der Waals surface area contributed by atoms with Gasteiger partial charge in [-0.3, -0.25) is 0 Å². The maximum absolute atomic E-state index is 2.43. The first-order valence-electron chi connectivity index (χ1n) is 19.9. The molecule has 9 aromatic rings. The second kappa shape index (κ2) is 13.2. The van der Waals surface area contributed by atoms with E-state index in [1.54, 1.807) is 0 Å². The van der Waals surface area contributed by atoms with Crippen LogP contribution in [0.4, 0.5) is 17.1 Å². The first-order valence-corrected chi connectivity index (χ1v) is 19.9. The average molecular weight is 707 g/mol. The molecule has 0 aliphatic heterocycles. The molecule has 0 amide bonds. The molecule has 1 heterocycles. The highest BCUT2D eigenvalue weighted by molar-refractivity contribution is 6.09. The summed E-state index contributed by atoms with van der Waals surface area (Å²) in [7, 11) is 0. The summed E-state index contributed by atoms with van der Waals surface area (Å²) < 4.78 is 2.42. The van der Waals surface area contributed by atoms with Crippen molar-refractivity contribution in [1.29, 1.82) is 0 Å². The number of hydrogen-bond acceptors (Lipinski definition) is 1. The summed E-state index contributed by atoms with van der Waals surface area (Å²) in [4.78, 5) is 2.43. The maximum Gasteiger partial charge on any atom is 0.0541 e. The van der Waals surface area contributed by atoms with Crippen LogP contribution in [0.1, 0.15) is 37.2 Å². The van der Waals surface area contributed by atoms with Gasteiger partial charge < -0.3 is 9.47 Å². The number of fused-ring (bicyclic) bond motifs is 6. The van der Waals surface area contributed by atoms with E-state index in [4.69, 9.17) is 0 Å². The van der Waals surface area contributed by atoms with E-state index in [1.165, 1.54) is 91.8 Å². The molecule has 2 bridgehead atoms. The Balaban J connectivity index is 1.04. The summed E-state index contributed by atoms with van der Waals surface area (Å²) in [5, 5.41) is 5.09. The molecule has 2 nitrogen and oxygen atoms in total. The van der Waals surface area contributed by atoms with Gasteiger partial charge in [0.2, 0.25) is 0 Å². The molecule has 3 unspecified atom stereocenters. The van der Waals surface area contributed by atoms with Gasteiger partial charge in [0.15, 0.2) is 0 Å². The first-order chi connectivity index (χ1) is 27.3. The first kappa shape index (κ1) is 32.1.